The van der Waals surface area contributed by atoms with Gasteiger partial charge in [-0.1, -0.05) is 6.07 Å². The van der Waals surface area contributed by atoms with Gasteiger partial charge in [-0.15, -0.1) is 0 Å². The predicted octanol–water partition coefficient (Wildman–Crippen LogP) is 2.38. The van der Waals surface area contributed by atoms with Crippen molar-refractivity contribution in [1.29, 1.82) is 0 Å². The van der Waals surface area contributed by atoms with Crippen LogP contribution in [0.4, 0.5) is 11.6 Å². The third kappa shape index (κ3) is 3.04. The average Bonchev–Trinajstić information content (AvgIpc) is 2.56. The van der Waals surface area contributed by atoms with Crippen molar-refractivity contribution in [2.45, 2.75) is 0 Å². The van der Waals surface area contributed by atoms with E-state index in [-0.39, 0.29) is 5.56 Å². The van der Waals surface area contributed by atoms with Gasteiger partial charge in [-0.25, -0.2) is 24.7 Å². The van der Waals surface area contributed by atoms with E-state index in [4.69, 9.17) is 5.11 Å². The highest BCUT2D eigenvalue weighted by molar-refractivity contribution is 5.88. The van der Waals surface area contributed by atoms with Crippen LogP contribution in [0.25, 0.3) is 11.4 Å². The molecular weight excluding hydrogens is 282 g/mol. The summed E-state index contributed by atoms with van der Waals surface area (Å²) in [4.78, 5) is 27.5. The molecule has 0 saturated carbocycles. The van der Waals surface area contributed by atoms with Crippen molar-refractivity contribution in [1.82, 2.24) is 19.9 Å². The summed E-state index contributed by atoms with van der Waals surface area (Å²) in [6.45, 7) is 0. The van der Waals surface area contributed by atoms with Crippen molar-refractivity contribution >= 4 is 17.6 Å². The van der Waals surface area contributed by atoms with E-state index in [1.54, 1.807) is 43.0 Å². The van der Waals surface area contributed by atoms with Crippen LogP contribution in [0, 0.1) is 0 Å². The molecule has 2 N–H and O–H groups in total. The standard InChI is InChI=1S/C15H11N5O2/c21-14(22)10-3-1-4-12(7-10)20-15-18-8-11(9-19-15)13-16-5-2-6-17-13/h1-9H,(H,21,22)(H,18,19,20). The molecule has 0 radical (unpaired) electrons. The maximum absolute atomic E-state index is 10.9. The third-order valence-corrected chi connectivity index (χ3v) is 2.84. The van der Waals surface area contributed by atoms with E-state index in [9.17, 15) is 4.79 Å². The maximum atomic E-state index is 10.9. The van der Waals surface area contributed by atoms with Crippen LogP contribution < -0.4 is 5.32 Å². The first kappa shape index (κ1) is 13.6. The van der Waals surface area contributed by atoms with E-state index in [2.05, 4.69) is 25.3 Å². The van der Waals surface area contributed by atoms with Crippen LogP contribution in [0.2, 0.25) is 0 Å². The molecule has 0 bridgehead atoms. The highest BCUT2D eigenvalue weighted by Crippen LogP contribution is 2.16. The molecule has 0 aliphatic heterocycles. The molecule has 0 unspecified atom stereocenters. The van der Waals surface area contributed by atoms with Gasteiger partial charge in [0.2, 0.25) is 5.95 Å². The first-order valence-corrected chi connectivity index (χ1v) is 6.42. The highest BCUT2D eigenvalue weighted by Gasteiger charge is 2.05. The van der Waals surface area contributed by atoms with Crippen LogP contribution >= 0.6 is 0 Å². The van der Waals surface area contributed by atoms with E-state index >= 15 is 0 Å². The number of carbonyl (C=O) groups is 1. The molecule has 7 nitrogen and oxygen atoms in total. The SMILES string of the molecule is O=C(O)c1cccc(Nc2ncc(-c3ncccn3)cn2)c1. The first-order valence-electron chi connectivity index (χ1n) is 6.42. The second-order valence-electron chi connectivity index (χ2n) is 4.38. The summed E-state index contributed by atoms with van der Waals surface area (Å²) in [6, 6.07) is 8.15. The summed E-state index contributed by atoms with van der Waals surface area (Å²) in [5, 5.41) is 11.9. The molecule has 2 heterocycles. The lowest BCUT2D eigenvalue weighted by Crippen LogP contribution is -2.00. The number of carboxylic acid groups (broad SMARTS) is 1. The summed E-state index contributed by atoms with van der Waals surface area (Å²) in [6.07, 6.45) is 6.50. The van der Waals surface area contributed by atoms with Crippen molar-refractivity contribution in [3.8, 4) is 11.4 Å². The van der Waals surface area contributed by atoms with Gasteiger partial charge in [0.1, 0.15) is 0 Å². The molecule has 0 spiro atoms. The topological polar surface area (TPSA) is 101 Å². The van der Waals surface area contributed by atoms with Gasteiger partial charge in [0, 0.05) is 30.5 Å². The molecule has 108 valence electrons. The molecule has 2 aromatic heterocycles. The number of carboxylic acids is 1. The van der Waals surface area contributed by atoms with Crippen molar-refractivity contribution in [3.05, 3.63) is 60.7 Å². The van der Waals surface area contributed by atoms with Gasteiger partial charge in [-0.05, 0) is 24.3 Å². The number of nitrogens with zero attached hydrogens (tertiary/aromatic N) is 4. The number of aromatic carboxylic acids is 1. The fourth-order valence-electron chi connectivity index (χ4n) is 1.82. The number of hydrogen-bond acceptors (Lipinski definition) is 6. The van der Waals surface area contributed by atoms with Gasteiger partial charge in [-0.3, -0.25) is 0 Å². The minimum Gasteiger partial charge on any atom is -0.478 e. The van der Waals surface area contributed by atoms with Gasteiger partial charge in [-0.2, -0.15) is 0 Å². The Labute approximate surface area is 125 Å². The average molecular weight is 293 g/mol. The second kappa shape index (κ2) is 5.96. The quantitative estimate of drug-likeness (QED) is 0.761. The molecule has 1 aromatic carbocycles. The molecule has 0 aliphatic rings. The zero-order chi connectivity index (χ0) is 15.4. The fraction of sp³-hybridized carbons (Fsp3) is 0. The largest absolute Gasteiger partial charge is 0.478 e. The van der Waals surface area contributed by atoms with Crippen molar-refractivity contribution in [3.63, 3.8) is 0 Å². The van der Waals surface area contributed by atoms with Gasteiger partial charge < -0.3 is 10.4 Å². The smallest absolute Gasteiger partial charge is 0.335 e. The number of benzene rings is 1. The molecule has 0 amide bonds. The van der Waals surface area contributed by atoms with E-state index in [0.29, 0.717) is 23.0 Å². The molecular formula is C15H11N5O2. The predicted molar refractivity (Wildman–Crippen MR) is 79.7 cm³/mol. The van der Waals surface area contributed by atoms with Crippen molar-refractivity contribution in [2.24, 2.45) is 0 Å². The number of hydrogen-bond donors (Lipinski definition) is 2. The summed E-state index contributed by atoms with van der Waals surface area (Å²) in [5.74, 6) is -0.0784. The molecule has 3 aromatic rings. The lowest BCUT2D eigenvalue weighted by Gasteiger charge is -2.06. The zero-order valence-electron chi connectivity index (χ0n) is 11.3. The fourth-order valence-corrected chi connectivity index (χ4v) is 1.82. The summed E-state index contributed by atoms with van der Waals surface area (Å²) in [7, 11) is 0. The monoisotopic (exact) mass is 293 g/mol. The molecule has 3 rings (SSSR count). The van der Waals surface area contributed by atoms with Gasteiger partial charge in [0.25, 0.3) is 0 Å². The number of nitrogens with one attached hydrogen (secondary N) is 1. The van der Waals surface area contributed by atoms with Crippen LogP contribution in [0.15, 0.2) is 55.1 Å². The second-order valence-corrected chi connectivity index (χ2v) is 4.38. The Bertz CT molecular complexity index is 791. The third-order valence-electron chi connectivity index (χ3n) is 2.84. The van der Waals surface area contributed by atoms with Gasteiger partial charge in [0.05, 0.1) is 11.1 Å². The molecule has 0 fully saturated rings. The van der Waals surface area contributed by atoms with E-state index in [1.165, 1.54) is 12.1 Å². The number of rotatable bonds is 4. The van der Waals surface area contributed by atoms with E-state index < -0.39 is 5.97 Å². The van der Waals surface area contributed by atoms with Crippen LogP contribution in [-0.2, 0) is 0 Å². The van der Waals surface area contributed by atoms with Gasteiger partial charge in [0.15, 0.2) is 5.82 Å². The molecule has 7 heteroatoms. The lowest BCUT2D eigenvalue weighted by atomic mass is 10.2. The van der Waals surface area contributed by atoms with Crippen molar-refractivity contribution in [2.75, 3.05) is 5.32 Å². The molecule has 0 atom stereocenters. The summed E-state index contributed by atoms with van der Waals surface area (Å²) in [5.41, 5.74) is 1.49. The van der Waals surface area contributed by atoms with E-state index in [0.717, 1.165) is 0 Å². The normalized spacial score (nSPS) is 10.2. The highest BCUT2D eigenvalue weighted by atomic mass is 16.4. The Morgan fingerprint density at radius 3 is 2.41 bits per heavy atom. The van der Waals surface area contributed by atoms with Gasteiger partial charge >= 0.3 is 5.97 Å². The Kier molecular flexibility index (Phi) is 3.69. The maximum Gasteiger partial charge on any atom is 0.335 e. The van der Waals surface area contributed by atoms with Crippen molar-refractivity contribution < 1.29 is 9.90 Å². The molecule has 0 aliphatic carbocycles. The minimum absolute atomic E-state index is 0.194. The minimum atomic E-state index is -0.985. The van der Waals surface area contributed by atoms with E-state index in [1.807, 2.05) is 0 Å². The summed E-state index contributed by atoms with van der Waals surface area (Å²) >= 11 is 0. The Morgan fingerprint density at radius 2 is 1.73 bits per heavy atom. The molecule has 0 saturated heterocycles. The van der Waals surface area contributed by atoms with Crippen LogP contribution in [0.3, 0.4) is 0 Å². The first-order chi connectivity index (χ1) is 10.7. The van der Waals surface area contributed by atoms with Crippen LogP contribution in [0.5, 0.6) is 0 Å². The zero-order valence-corrected chi connectivity index (χ0v) is 11.3. The Hall–Kier alpha value is -3.35. The Balaban J connectivity index is 1.79. The Morgan fingerprint density at radius 1 is 1.00 bits per heavy atom. The number of anilines is 2. The molecule has 22 heavy (non-hydrogen) atoms. The number of aromatic nitrogens is 4. The van der Waals surface area contributed by atoms with Crippen LogP contribution in [-0.4, -0.2) is 31.0 Å². The lowest BCUT2D eigenvalue weighted by molar-refractivity contribution is 0.0697. The van der Waals surface area contributed by atoms with Crippen LogP contribution in [0.1, 0.15) is 10.4 Å². The summed E-state index contributed by atoms with van der Waals surface area (Å²) < 4.78 is 0.